The van der Waals surface area contributed by atoms with E-state index in [9.17, 15) is 4.79 Å². The molecule has 1 unspecified atom stereocenters. The summed E-state index contributed by atoms with van der Waals surface area (Å²) in [6.45, 7) is 3.68. The topological polar surface area (TPSA) is 76.0 Å². The fraction of sp³-hybridized carbons (Fsp3) is 0.381. The second kappa shape index (κ2) is 7.33. The van der Waals surface area contributed by atoms with E-state index >= 15 is 0 Å². The van der Waals surface area contributed by atoms with Crippen molar-refractivity contribution in [2.75, 3.05) is 19.7 Å². The highest BCUT2D eigenvalue weighted by molar-refractivity contribution is 5.55. The molecule has 144 valence electrons. The molecule has 2 aromatic heterocycles. The first kappa shape index (κ1) is 17.3. The SMILES string of the molecule is O=c1cc(C2CCCO2)nc(-c2ccc(CN3CC(n4cccn4)C3)cc2)[nH]1. The second-order valence-corrected chi connectivity index (χ2v) is 7.55. The van der Waals surface area contributed by atoms with E-state index in [1.165, 1.54) is 5.56 Å². The standard InChI is InChI=1S/C21H23N5O2/c27-20-11-18(19-3-1-10-28-19)23-21(24-20)16-6-4-15(5-7-16)12-25-13-17(14-25)26-9-2-8-22-26/h2,4-9,11,17,19H,1,3,10,12-14H2,(H,23,24,27). The average molecular weight is 377 g/mol. The molecule has 2 aliphatic heterocycles. The van der Waals surface area contributed by atoms with Gasteiger partial charge in [-0.25, -0.2) is 4.98 Å². The lowest BCUT2D eigenvalue weighted by Crippen LogP contribution is -2.47. The van der Waals surface area contributed by atoms with Crippen LogP contribution in [0, 0.1) is 0 Å². The van der Waals surface area contributed by atoms with E-state index in [0.29, 0.717) is 11.9 Å². The van der Waals surface area contributed by atoms with Crippen molar-refractivity contribution in [2.45, 2.75) is 31.5 Å². The number of aromatic nitrogens is 4. The lowest BCUT2D eigenvalue weighted by molar-refractivity contribution is 0.0909. The molecule has 2 aliphatic rings. The second-order valence-electron chi connectivity index (χ2n) is 7.55. The molecule has 2 saturated heterocycles. The predicted octanol–water partition coefficient (Wildman–Crippen LogP) is 2.54. The van der Waals surface area contributed by atoms with Gasteiger partial charge in [-0.1, -0.05) is 24.3 Å². The first-order valence-corrected chi connectivity index (χ1v) is 9.78. The van der Waals surface area contributed by atoms with Crippen LogP contribution in [-0.4, -0.2) is 44.3 Å². The first-order valence-electron chi connectivity index (χ1n) is 9.78. The van der Waals surface area contributed by atoms with Gasteiger partial charge in [-0.05, 0) is 24.5 Å². The smallest absolute Gasteiger partial charge is 0.251 e. The molecular weight excluding hydrogens is 354 g/mol. The molecule has 0 saturated carbocycles. The first-order chi connectivity index (χ1) is 13.7. The van der Waals surface area contributed by atoms with Gasteiger partial charge in [-0.2, -0.15) is 5.10 Å². The van der Waals surface area contributed by atoms with Gasteiger partial charge >= 0.3 is 0 Å². The van der Waals surface area contributed by atoms with Gasteiger partial charge in [-0.3, -0.25) is 14.4 Å². The van der Waals surface area contributed by atoms with Gasteiger partial charge in [-0.15, -0.1) is 0 Å². The highest BCUT2D eigenvalue weighted by atomic mass is 16.5. The molecule has 2 fully saturated rings. The van der Waals surface area contributed by atoms with Crippen molar-refractivity contribution in [3.05, 3.63) is 70.4 Å². The van der Waals surface area contributed by atoms with Crippen molar-refractivity contribution in [3.63, 3.8) is 0 Å². The predicted molar refractivity (Wildman–Crippen MR) is 105 cm³/mol. The van der Waals surface area contributed by atoms with Crippen LogP contribution >= 0.6 is 0 Å². The average Bonchev–Trinajstić information content (AvgIpc) is 3.38. The van der Waals surface area contributed by atoms with Crippen molar-refractivity contribution < 1.29 is 4.74 Å². The Kier molecular flexibility index (Phi) is 4.54. The Morgan fingerprint density at radius 2 is 2.07 bits per heavy atom. The molecule has 1 aromatic carbocycles. The van der Waals surface area contributed by atoms with Crippen molar-refractivity contribution >= 4 is 0 Å². The van der Waals surface area contributed by atoms with Crippen molar-refractivity contribution in [1.82, 2.24) is 24.6 Å². The van der Waals surface area contributed by atoms with Gasteiger partial charge in [0.15, 0.2) is 0 Å². The highest BCUT2D eigenvalue weighted by Crippen LogP contribution is 2.28. The number of benzene rings is 1. The fourth-order valence-corrected chi connectivity index (χ4v) is 3.95. The van der Waals surface area contributed by atoms with E-state index in [4.69, 9.17) is 4.74 Å². The minimum atomic E-state index is -0.134. The molecule has 1 N–H and O–H groups in total. The molecular formula is C21H23N5O2. The van der Waals surface area contributed by atoms with Gasteiger partial charge in [0.2, 0.25) is 0 Å². The summed E-state index contributed by atoms with van der Waals surface area (Å²) in [4.78, 5) is 22.0. The molecule has 0 aliphatic carbocycles. The Morgan fingerprint density at radius 3 is 2.79 bits per heavy atom. The zero-order chi connectivity index (χ0) is 18.9. The van der Waals surface area contributed by atoms with Crippen LogP contribution in [0.3, 0.4) is 0 Å². The maximum Gasteiger partial charge on any atom is 0.251 e. The van der Waals surface area contributed by atoms with Crippen LogP contribution in [0.1, 0.15) is 36.2 Å². The van der Waals surface area contributed by atoms with E-state index in [-0.39, 0.29) is 11.7 Å². The summed E-state index contributed by atoms with van der Waals surface area (Å²) < 4.78 is 7.71. The quantitative estimate of drug-likeness (QED) is 0.739. The normalized spacial score (nSPS) is 20.4. The third-order valence-electron chi connectivity index (χ3n) is 5.49. The third kappa shape index (κ3) is 3.50. The maximum atomic E-state index is 12.1. The Balaban J connectivity index is 1.26. The van der Waals surface area contributed by atoms with Crippen molar-refractivity contribution in [3.8, 4) is 11.4 Å². The number of rotatable bonds is 5. The monoisotopic (exact) mass is 377 g/mol. The minimum absolute atomic E-state index is 0.0607. The lowest BCUT2D eigenvalue weighted by atomic mass is 10.1. The van der Waals surface area contributed by atoms with Crippen LogP contribution in [-0.2, 0) is 11.3 Å². The van der Waals surface area contributed by atoms with E-state index in [0.717, 1.165) is 50.3 Å². The molecule has 4 heterocycles. The Morgan fingerprint density at radius 1 is 1.21 bits per heavy atom. The summed E-state index contributed by atoms with van der Waals surface area (Å²) in [6, 6.07) is 12.3. The van der Waals surface area contributed by atoms with Gasteiger partial charge < -0.3 is 9.72 Å². The van der Waals surface area contributed by atoms with Crippen molar-refractivity contribution in [1.29, 1.82) is 0 Å². The van der Waals surface area contributed by atoms with E-state index < -0.39 is 0 Å². The van der Waals surface area contributed by atoms with E-state index in [1.54, 1.807) is 6.07 Å². The molecule has 5 rings (SSSR count). The summed E-state index contributed by atoms with van der Waals surface area (Å²) >= 11 is 0. The van der Waals surface area contributed by atoms with Crippen LogP contribution < -0.4 is 5.56 Å². The molecule has 0 bridgehead atoms. The van der Waals surface area contributed by atoms with Crippen molar-refractivity contribution in [2.24, 2.45) is 0 Å². The molecule has 28 heavy (non-hydrogen) atoms. The van der Waals surface area contributed by atoms with Gasteiger partial charge in [0.05, 0.1) is 17.8 Å². The number of hydrogen-bond acceptors (Lipinski definition) is 5. The number of H-pyrrole nitrogens is 1. The Labute approximate surface area is 163 Å². The van der Waals surface area contributed by atoms with Gasteiger partial charge in [0.25, 0.3) is 5.56 Å². The molecule has 7 heteroatoms. The fourth-order valence-electron chi connectivity index (χ4n) is 3.95. The van der Waals surface area contributed by atoms with Crippen LogP contribution in [0.4, 0.5) is 0 Å². The Bertz CT molecular complexity index is 984. The molecule has 0 radical (unpaired) electrons. The number of ether oxygens (including phenoxy) is 1. The van der Waals surface area contributed by atoms with E-state index in [1.807, 2.05) is 35.3 Å². The summed E-state index contributed by atoms with van der Waals surface area (Å²) in [5.41, 5.74) is 2.76. The largest absolute Gasteiger partial charge is 0.372 e. The summed E-state index contributed by atoms with van der Waals surface area (Å²) in [6.07, 6.45) is 5.73. The van der Waals surface area contributed by atoms with Gasteiger partial charge in [0.1, 0.15) is 5.82 Å². The minimum Gasteiger partial charge on any atom is -0.372 e. The molecule has 3 aromatic rings. The number of aromatic amines is 1. The summed E-state index contributed by atoms with van der Waals surface area (Å²) in [5.74, 6) is 0.604. The highest BCUT2D eigenvalue weighted by Gasteiger charge is 2.28. The molecule has 0 spiro atoms. The number of likely N-dealkylation sites (tertiary alicyclic amines) is 1. The third-order valence-corrected chi connectivity index (χ3v) is 5.49. The van der Waals surface area contributed by atoms with Crippen LogP contribution in [0.2, 0.25) is 0 Å². The summed E-state index contributed by atoms with van der Waals surface area (Å²) in [5, 5.41) is 4.31. The van der Waals surface area contributed by atoms with E-state index in [2.05, 4.69) is 32.1 Å². The Hall–Kier alpha value is -2.77. The molecule has 7 nitrogen and oxygen atoms in total. The van der Waals surface area contributed by atoms with Gasteiger partial charge in [0, 0.05) is 50.3 Å². The van der Waals surface area contributed by atoms with Crippen LogP contribution in [0.25, 0.3) is 11.4 Å². The maximum absolute atomic E-state index is 12.1. The molecule has 0 amide bonds. The van der Waals surface area contributed by atoms with Crippen LogP contribution in [0.15, 0.2) is 53.6 Å². The molecule has 1 atom stereocenters. The number of nitrogens with zero attached hydrogens (tertiary/aromatic N) is 4. The zero-order valence-corrected chi connectivity index (χ0v) is 15.6. The number of nitrogens with one attached hydrogen (secondary N) is 1. The summed E-state index contributed by atoms with van der Waals surface area (Å²) in [7, 11) is 0. The van der Waals surface area contributed by atoms with Crippen LogP contribution in [0.5, 0.6) is 0 Å². The lowest BCUT2D eigenvalue weighted by Gasteiger charge is -2.39. The zero-order valence-electron chi connectivity index (χ0n) is 15.6. The number of hydrogen-bond donors (Lipinski definition) is 1.